The standard InChI is InChI=1S/C20H20ClF3N2O2.C13H10ClF6NO4S.C12H12ClF3N2O/c1-28-15-5-2-13(3-6-15)12-25-18-16-9-11-26(19(27)20(22,23)24)10-8-14(16)4-7-17(18)21;14-9-2-1-7-3-5-21(11(22)12(15,16)17)6-4-8(7)10(9)25-26(23,24)13(18,19)20;13-9-2-1-7-3-5-18(11(19)12(14,15)16)6-4-8(7)10(9)17/h2-7,25H,8-12H2,1H3;1-2H,3-6H2;1-2H,3-6,17H2. The van der Waals surface area contributed by atoms with E-state index < -0.39 is 69.2 Å². The molecule has 3 N–H and O–H groups in total. The van der Waals surface area contributed by atoms with Crippen molar-refractivity contribution < 1.29 is 84.4 Å². The number of amides is 3. The Balaban J connectivity index is 0.000000207. The molecule has 0 aromatic heterocycles. The topological polar surface area (TPSA) is 152 Å². The lowest BCUT2D eigenvalue weighted by molar-refractivity contribution is -0.185. The second-order valence-corrected chi connectivity index (χ2v) is 19.0. The molecule has 28 heteroatoms. The van der Waals surface area contributed by atoms with Crippen molar-refractivity contribution in [1.29, 1.82) is 0 Å². The average molecular weight is 1130 g/mol. The Kier molecular flexibility index (Phi) is 18.7. The molecule has 3 aliphatic rings. The van der Waals surface area contributed by atoms with Crippen LogP contribution in [0.4, 0.5) is 64.1 Å². The fraction of sp³-hybridized carbons (Fsp3) is 0.400. The Morgan fingerprint density at radius 3 is 1.38 bits per heavy atom. The maximum absolute atomic E-state index is 12.8. The SMILES string of the molecule is COc1ccc(CNc2c(Cl)ccc3c2CCN(C(=O)C(F)(F)F)CC3)cc1.Nc1c(Cl)ccc2c1CCN(C(=O)C(F)(F)F)CC2.O=C(N1CCc2ccc(Cl)c(OS(=O)(=O)C(F)(F)F)c2CC1)C(F)(F)F. The van der Waals surface area contributed by atoms with Gasteiger partial charge in [-0.15, -0.1) is 0 Å². The van der Waals surface area contributed by atoms with Gasteiger partial charge < -0.3 is 34.7 Å². The second-order valence-electron chi connectivity index (χ2n) is 16.2. The highest BCUT2D eigenvalue weighted by atomic mass is 35.5. The molecule has 0 saturated carbocycles. The van der Waals surface area contributed by atoms with Crippen molar-refractivity contribution in [2.75, 3.05) is 57.4 Å². The third-order valence-corrected chi connectivity index (χ3v) is 13.5. The lowest BCUT2D eigenvalue weighted by Gasteiger charge is -2.21. The van der Waals surface area contributed by atoms with Crippen LogP contribution in [-0.4, -0.2) is 111 Å². The number of alkyl halides is 12. The van der Waals surface area contributed by atoms with Crippen LogP contribution in [0.25, 0.3) is 0 Å². The van der Waals surface area contributed by atoms with Gasteiger partial charge in [0.05, 0.1) is 33.6 Å². The highest BCUT2D eigenvalue weighted by Gasteiger charge is 2.50. The molecule has 73 heavy (non-hydrogen) atoms. The van der Waals surface area contributed by atoms with Crippen LogP contribution in [0.2, 0.25) is 15.1 Å². The monoisotopic (exact) mass is 1130 g/mol. The molecule has 7 rings (SSSR count). The molecular weight excluding hydrogens is 1090 g/mol. The fourth-order valence-corrected chi connectivity index (χ4v) is 9.09. The van der Waals surface area contributed by atoms with Gasteiger partial charge in [-0.3, -0.25) is 14.4 Å². The summed E-state index contributed by atoms with van der Waals surface area (Å²) in [6, 6.07) is 16.9. The molecule has 0 radical (unpaired) electrons. The number of carbonyl (C=O) groups is 3. The van der Waals surface area contributed by atoms with E-state index in [9.17, 15) is 75.5 Å². The van der Waals surface area contributed by atoms with Gasteiger partial charge in [0.25, 0.3) is 0 Å². The number of nitrogens with one attached hydrogen (secondary N) is 1. The summed E-state index contributed by atoms with van der Waals surface area (Å²) in [5.41, 5.74) is 5.71. The number of rotatable bonds is 6. The van der Waals surface area contributed by atoms with Gasteiger partial charge in [-0.25, -0.2) is 0 Å². The molecule has 4 aromatic rings. The van der Waals surface area contributed by atoms with Crippen LogP contribution in [0, 0.1) is 0 Å². The molecular formula is C45H42Cl3F12N5O7S. The Morgan fingerprint density at radius 2 is 0.945 bits per heavy atom. The van der Waals surface area contributed by atoms with E-state index in [0.717, 1.165) is 49.4 Å². The summed E-state index contributed by atoms with van der Waals surface area (Å²) in [5.74, 6) is -5.74. The van der Waals surface area contributed by atoms with Crippen molar-refractivity contribution in [3.8, 4) is 11.5 Å². The first-order chi connectivity index (χ1) is 33.8. The average Bonchev–Trinajstić information content (AvgIpc) is 3.77. The summed E-state index contributed by atoms with van der Waals surface area (Å²) in [6.45, 7) is -0.270. The van der Waals surface area contributed by atoms with Crippen molar-refractivity contribution >= 4 is 74.0 Å². The van der Waals surface area contributed by atoms with E-state index in [-0.39, 0.29) is 63.1 Å². The molecule has 0 fully saturated rings. The number of carbonyl (C=O) groups excluding carboxylic acids is 3. The predicted molar refractivity (Wildman–Crippen MR) is 245 cm³/mol. The summed E-state index contributed by atoms with van der Waals surface area (Å²) < 4.78 is 182. The molecule has 0 saturated heterocycles. The fourth-order valence-electron chi connectivity index (χ4n) is 7.90. The molecule has 4 aromatic carbocycles. The van der Waals surface area contributed by atoms with E-state index >= 15 is 0 Å². The van der Waals surface area contributed by atoms with E-state index in [4.69, 9.17) is 45.3 Å². The quantitative estimate of drug-likeness (QED) is 0.0832. The normalized spacial score (nSPS) is 15.3. The predicted octanol–water partition coefficient (Wildman–Crippen LogP) is 9.92. The van der Waals surface area contributed by atoms with Crippen LogP contribution in [0.5, 0.6) is 11.5 Å². The number of methoxy groups -OCH3 is 1. The highest BCUT2D eigenvalue weighted by molar-refractivity contribution is 7.88. The number of nitrogen functional groups attached to an aromatic ring is 1. The second kappa shape index (κ2) is 23.3. The lowest BCUT2D eigenvalue weighted by Crippen LogP contribution is -2.42. The van der Waals surface area contributed by atoms with Crippen molar-refractivity contribution in [1.82, 2.24) is 14.7 Å². The summed E-state index contributed by atoms with van der Waals surface area (Å²) in [6.07, 6.45) is -14.0. The number of hydrogen-bond acceptors (Lipinski definition) is 9. The third-order valence-electron chi connectivity index (χ3n) is 11.6. The minimum absolute atomic E-state index is 0.00288. The smallest absolute Gasteiger partial charge is 0.497 e. The zero-order valence-corrected chi connectivity index (χ0v) is 40.9. The molecule has 12 nitrogen and oxygen atoms in total. The van der Waals surface area contributed by atoms with Crippen LogP contribution in [0.3, 0.4) is 0 Å². The maximum atomic E-state index is 12.8. The molecule has 0 unspecified atom stereocenters. The number of hydrogen-bond donors (Lipinski definition) is 2. The molecule has 400 valence electrons. The minimum atomic E-state index is -6.02. The summed E-state index contributed by atoms with van der Waals surface area (Å²) in [5, 5.41) is 3.73. The zero-order valence-electron chi connectivity index (χ0n) is 37.8. The lowest BCUT2D eigenvalue weighted by atomic mass is 10.0. The number of fused-ring (bicyclic) bond motifs is 3. The van der Waals surface area contributed by atoms with Gasteiger partial charge in [-0.05, 0) is 102 Å². The largest absolute Gasteiger partial charge is 0.534 e. The van der Waals surface area contributed by atoms with Crippen LogP contribution in [0.1, 0.15) is 38.9 Å². The molecule has 3 amide bonds. The molecule has 0 aliphatic carbocycles. The van der Waals surface area contributed by atoms with Crippen molar-refractivity contribution in [2.45, 2.75) is 69.1 Å². The van der Waals surface area contributed by atoms with Crippen molar-refractivity contribution in [3.05, 3.63) is 115 Å². The number of nitrogens with two attached hydrogens (primary N) is 1. The zero-order chi connectivity index (χ0) is 54.4. The molecule has 0 spiro atoms. The number of benzene rings is 4. The van der Waals surface area contributed by atoms with Crippen LogP contribution < -0.4 is 20.0 Å². The van der Waals surface area contributed by atoms with Gasteiger partial charge in [-0.1, -0.05) is 65.1 Å². The van der Waals surface area contributed by atoms with E-state index in [1.807, 2.05) is 30.3 Å². The highest BCUT2D eigenvalue weighted by Crippen LogP contribution is 2.39. The first kappa shape index (κ1) is 58.4. The Bertz CT molecular complexity index is 2780. The first-order valence-electron chi connectivity index (χ1n) is 21.5. The van der Waals surface area contributed by atoms with E-state index in [0.29, 0.717) is 52.1 Å². The van der Waals surface area contributed by atoms with E-state index in [2.05, 4.69) is 9.50 Å². The Labute approximate surface area is 424 Å². The van der Waals surface area contributed by atoms with Crippen molar-refractivity contribution in [3.63, 3.8) is 0 Å². The van der Waals surface area contributed by atoms with Gasteiger partial charge in [0.2, 0.25) is 0 Å². The van der Waals surface area contributed by atoms with Gasteiger partial charge in [0, 0.05) is 51.4 Å². The summed E-state index contributed by atoms with van der Waals surface area (Å²) in [4.78, 5) is 36.3. The van der Waals surface area contributed by atoms with Gasteiger partial charge >= 0.3 is 51.9 Å². The molecule has 3 aliphatic heterocycles. The van der Waals surface area contributed by atoms with Crippen molar-refractivity contribution in [2.24, 2.45) is 0 Å². The molecule has 0 atom stereocenters. The number of nitrogens with zero attached hydrogens (tertiary/aromatic N) is 3. The summed E-state index contributed by atoms with van der Waals surface area (Å²) in [7, 11) is -4.42. The summed E-state index contributed by atoms with van der Waals surface area (Å²) >= 11 is 18.0. The van der Waals surface area contributed by atoms with E-state index in [1.54, 1.807) is 25.3 Å². The maximum Gasteiger partial charge on any atom is 0.534 e. The number of ether oxygens (including phenoxy) is 1. The Hall–Kier alpha value is -5.53. The Morgan fingerprint density at radius 1 is 0.562 bits per heavy atom. The first-order valence-corrected chi connectivity index (χ1v) is 24.0. The van der Waals surface area contributed by atoms with Crippen LogP contribution in [0.15, 0.2) is 60.7 Å². The van der Waals surface area contributed by atoms with Gasteiger partial charge in [-0.2, -0.15) is 61.1 Å². The molecule has 3 heterocycles. The van der Waals surface area contributed by atoms with E-state index in [1.165, 1.54) is 6.07 Å². The third kappa shape index (κ3) is 14.8. The molecule has 0 bridgehead atoms. The van der Waals surface area contributed by atoms with Gasteiger partial charge in [0.15, 0.2) is 5.75 Å². The minimum Gasteiger partial charge on any atom is -0.497 e. The van der Waals surface area contributed by atoms with Crippen LogP contribution in [-0.2, 0) is 69.6 Å². The number of anilines is 2. The van der Waals surface area contributed by atoms with Gasteiger partial charge in [0.1, 0.15) is 5.75 Å². The number of halogens is 15. The van der Waals surface area contributed by atoms with Crippen LogP contribution >= 0.6 is 34.8 Å².